The third-order valence-corrected chi connectivity index (χ3v) is 2.42. The molecule has 2 aromatic rings. The summed E-state index contributed by atoms with van der Waals surface area (Å²) in [6, 6.07) is 10.0. The van der Waals surface area contributed by atoms with E-state index in [9.17, 15) is 0 Å². The van der Waals surface area contributed by atoms with Crippen LogP contribution in [0, 0.1) is 6.92 Å². The van der Waals surface area contributed by atoms with Crippen molar-refractivity contribution >= 4 is 0 Å². The molecule has 2 heteroatoms. The molecule has 0 spiro atoms. The van der Waals surface area contributed by atoms with E-state index in [2.05, 4.69) is 24.0 Å². The van der Waals surface area contributed by atoms with Crippen molar-refractivity contribution in [2.24, 2.45) is 0 Å². The first kappa shape index (κ1) is 9.71. The van der Waals surface area contributed by atoms with Crippen LogP contribution < -0.4 is 4.74 Å². The molecule has 0 aliphatic carbocycles. The van der Waals surface area contributed by atoms with E-state index in [0.29, 0.717) is 0 Å². The lowest BCUT2D eigenvalue weighted by Gasteiger charge is -2.07. The third kappa shape index (κ3) is 1.99. The van der Waals surface area contributed by atoms with Crippen LogP contribution >= 0.6 is 0 Å². The second-order valence-electron chi connectivity index (χ2n) is 3.42. The van der Waals surface area contributed by atoms with Gasteiger partial charge in [0.15, 0.2) is 0 Å². The molecule has 0 amide bonds. The molecule has 0 radical (unpaired) electrons. The summed E-state index contributed by atoms with van der Waals surface area (Å²) in [7, 11) is 1.68. The van der Waals surface area contributed by atoms with E-state index in [-0.39, 0.29) is 0 Å². The summed E-state index contributed by atoms with van der Waals surface area (Å²) in [5, 5.41) is 0. The van der Waals surface area contributed by atoms with Gasteiger partial charge < -0.3 is 4.74 Å². The summed E-state index contributed by atoms with van der Waals surface area (Å²) in [6.07, 6.45) is 3.64. The molecule has 1 aromatic carbocycles. The number of aryl methyl sites for hydroxylation is 1. The number of nitrogens with zero attached hydrogens (tertiary/aromatic N) is 1. The van der Waals surface area contributed by atoms with Gasteiger partial charge in [-0.05, 0) is 36.2 Å². The number of ether oxygens (including phenoxy) is 1. The van der Waals surface area contributed by atoms with E-state index < -0.39 is 0 Å². The number of hydrogen-bond donors (Lipinski definition) is 0. The molecule has 0 saturated carbocycles. The second kappa shape index (κ2) is 4.13. The topological polar surface area (TPSA) is 22.1 Å². The Hall–Kier alpha value is -1.83. The average molecular weight is 199 g/mol. The van der Waals surface area contributed by atoms with Gasteiger partial charge in [0.05, 0.1) is 7.11 Å². The lowest BCUT2D eigenvalue weighted by Crippen LogP contribution is -1.87. The van der Waals surface area contributed by atoms with Gasteiger partial charge >= 0.3 is 0 Å². The molecule has 15 heavy (non-hydrogen) atoms. The number of methoxy groups -OCH3 is 1. The summed E-state index contributed by atoms with van der Waals surface area (Å²) in [4.78, 5) is 4.12. The zero-order chi connectivity index (χ0) is 10.7. The van der Waals surface area contributed by atoms with Crippen molar-refractivity contribution in [3.8, 4) is 16.9 Å². The van der Waals surface area contributed by atoms with Gasteiger partial charge in [-0.3, -0.25) is 4.98 Å². The Labute approximate surface area is 89.6 Å². The Kier molecular flexibility index (Phi) is 2.68. The first-order chi connectivity index (χ1) is 7.31. The van der Waals surface area contributed by atoms with E-state index in [1.54, 1.807) is 13.3 Å². The van der Waals surface area contributed by atoms with Crippen molar-refractivity contribution in [2.75, 3.05) is 7.11 Å². The van der Waals surface area contributed by atoms with Crippen LogP contribution in [0.4, 0.5) is 0 Å². The largest absolute Gasteiger partial charge is 0.497 e. The van der Waals surface area contributed by atoms with Crippen LogP contribution in [0.3, 0.4) is 0 Å². The fourth-order valence-electron chi connectivity index (χ4n) is 1.56. The van der Waals surface area contributed by atoms with Crippen molar-refractivity contribution < 1.29 is 4.74 Å². The molecule has 0 atom stereocenters. The minimum Gasteiger partial charge on any atom is -0.497 e. The quantitative estimate of drug-likeness (QED) is 0.741. The lowest BCUT2D eigenvalue weighted by atomic mass is 10.0. The Balaban J connectivity index is 2.52. The molecule has 2 rings (SSSR count). The van der Waals surface area contributed by atoms with Gasteiger partial charge in [-0.1, -0.05) is 12.1 Å². The zero-order valence-corrected chi connectivity index (χ0v) is 8.90. The molecule has 0 fully saturated rings. The fraction of sp³-hybridized carbons (Fsp3) is 0.154. The predicted molar refractivity (Wildman–Crippen MR) is 61.0 cm³/mol. The third-order valence-electron chi connectivity index (χ3n) is 2.42. The molecule has 1 aromatic heterocycles. The smallest absolute Gasteiger partial charge is 0.119 e. The molecular weight excluding hydrogens is 186 g/mol. The monoisotopic (exact) mass is 199 g/mol. The second-order valence-corrected chi connectivity index (χ2v) is 3.42. The maximum atomic E-state index is 5.21. The predicted octanol–water partition coefficient (Wildman–Crippen LogP) is 3.07. The highest BCUT2D eigenvalue weighted by molar-refractivity contribution is 5.67. The van der Waals surface area contributed by atoms with E-state index in [1.165, 1.54) is 11.1 Å². The van der Waals surface area contributed by atoms with Crippen molar-refractivity contribution in [1.29, 1.82) is 0 Å². The summed E-state index contributed by atoms with van der Waals surface area (Å²) in [5.74, 6) is 0.874. The molecule has 76 valence electrons. The highest BCUT2D eigenvalue weighted by Crippen LogP contribution is 2.26. The highest BCUT2D eigenvalue weighted by Gasteiger charge is 2.03. The maximum Gasteiger partial charge on any atom is 0.119 e. The number of rotatable bonds is 2. The zero-order valence-electron chi connectivity index (χ0n) is 8.90. The van der Waals surface area contributed by atoms with Gasteiger partial charge in [-0.25, -0.2) is 0 Å². The summed E-state index contributed by atoms with van der Waals surface area (Å²) in [5.41, 5.74) is 3.51. The summed E-state index contributed by atoms with van der Waals surface area (Å²) >= 11 is 0. The van der Waals surface area contributed by atoms with Gasteiger partial charge in [-0.2, -0.15) is 0 Å². The van der Waals surface area contributed by atoms with Crippen molar-refractivity contribution in [3.05, 3.63) is 48.3 Å². The van der Waals surface area contributed by atoms with E-state index in [0.717, 1.165) is 11.3 Å². The normalized spacial score (nSPS) is 10.0. The Bertz CT molecular complexity index is 451. The standard InChI is InChI=1S/C13H13NO/c1-10-5-6-12(15-2)8-13(10)11-4-3-7-14-9-11/h3-9H,1-2H3. The van der Waals surface area contributed by atoms with Crippen LogP contribution in [0.15, 0.2) is 42.7 Å². The van der Waals surface area contributed by atoms with Crippen LogP contribution in [-0.4, -0.2) is 12.1 Å². The Morgan fingerprint density at radius 2 is 2.07 bits per heavy atom. The highest BCUT2D eigenvalue weighted by atomic mass is 16.5. The Morgan fingerprint density at radius 3 is 2.73 bits per heavy atom. The maximum absolute atomic E-state index is 5.21. The van der Waals surface area contributed by atoms with Crippen LogP contribution in [0.5, 0.6) is 5.75 Å². The molecular formula is C13H13NO. The van der Waals surface area contributed by atoms with Crippen LogP contribution in [0.2, 0.25) is 0 Å². The minimum atomic E-state index is 0.874. The number of hydrogen-bond acceptors (Lipinski definition) is 2. The summed E-state index contributed by atoms with van der Waals surface area (Å²) < 4.78 is 5.21. The van der Waals surface area contributed by atoms with Crippen LogP contribution in [0.1, 0.15) is 5.56 Å². The SMILES string of the molecule is COc1ccc(C)c(-c2cccnc2)c1. The molecule has 1 heterocycles. The van der Waals surface area contributed by atoms with Crippen molar-refractivity contribution in [1.82, 2.24) is 4.98 Å². The van der Waals surface area contributed by atoms with Gasteiger partial charge in [0.2, 0.25) is 0 Å². The molecule has 0 bridgehead atoms. The fourth-order valence-corrected chi connectivity index (χ4v) is 1.56. The number of aromatic nitrogens is 1. The van der Waals surface area contributed by atoms with E-state index >= 15 is 0 Å². The number of pyridine rings is 1. The minimum absolute atomic E-state index is 0.874. The molecule has 0 aliphatic rings. The molecule has 0 saturated heterocycles. The van der Waals surface area contributed by atoms with Crippen molar-refractivity contribution in [3.63, 3.8) is 0 Å². The van der Waals surface area contributed by atoms with Gasteiger partial charge in [0.25, 0.3) is 0 Å². The van der Waals surface area contributed by atoms with Gasteiger partial charge in [0, 0.05) is 18.0 Å². The first-order valence-corrected chi connectivity index (χ1v) is 4.86. The molecule has 0 unspecified atom stereocenters. The van der Waals surface area contributed by atoms with Gasteiger partial charge in [0.1, 0.15) is 5.75 Å². The summed E-state index contributed by atoms with van der Waals surface area (Å²) in [6.45, 7) is 2.09. The first-order valence-electron chi connectivity index (χ1n) is 4.86. The van der Waals surface area contributed by atoms with Crippen LogP contribution in [-0.2, 0) is 0 Å². The van der Waals surface area contributed by atoms with Crippen LogP contribution in [0.25, 0.3) is 11.1 Å². The molecule has 0 N–H and O–H groups in total. The molecule has 0 aliphatic heterocycles. The van der Waals surface area contributed by atoms with E-state index in [1.807, 2.05) is 24.4 Å². The lowest BCUT2D eigenvalue weighted by molar-refractivity contribution is 0.415. The molecule has 2 nitrogen and oxygen atoms in total. The van der Waals surface area contributed by atoms with E-state index in [4.69, 9.17) is 4.74 Å². The number of benzene rings is 1. The van der Waals surface area contributed by atoms with Gasteiger partial charge in [-0.15, -0.1) is 0 Å². The Morgan fingerprint density at radius 1 is 1.20 bits per heavy atom. The average Bonchev–Trinajstić information content (AvgIpc) is 2.31. The van der Waals surface area contributed by atoms with Crippen molar-refractivity contribution in [2.45, 2.75) is 6.92 Å².